The molecule has 0 fully saturated rings. The third-order valence-corrected chi connectivity index (χ3v) is 6.25. The van der Waals surface area contributed by atoms with Crippen molar-refractivity contribution in [1.82, 2.24) is 10.6 Å². The predicted molar refractivity (Wildman–Crippen MR) is 143 cm³/mol. The van der Waals surface area contributed by atoms with Crippen molar-refractivity contribution in [1.29, 1.82) is 0 Å². The van der Waals surface area contributed by atoms with E-state index in [0.717, 1.165) is 5.56 Å². The standard InChI is InChI=1S/C29H33ClN2O5/c1-17-23(25(20-14-10-11-15-21(20)30)24(18(2)31-17)28(35)36-6)26(33)32-22(27(34)37-29(3,4)5)16-19-12-8-7-9-13-19/h7-15,22,25,31H,16H2,1-6H3,(H,32,33)/t22?,25-/m0/s1. The number of nitrogens with one attached hydrogen (secondary N) is 2. The minimum atomic E-state index is -0.963. The Morgan fingerprint density at radius 3 is 2.16 bits per heavy atom. The summed E-state index contributed by atoms with van der Waals surface area (Å²) < 4.78 is 10.7. The molecule has 1 heterocycles. The van der Waals surface area contributed by atoms with Crippen molar-refractivity contribution in [3.8, 4) is 0 Å². The van der Waals surface area contributed by atoms with E-state index in [-0.39, 0.29) is 17.6 Å². The summed E-state index contributed by atoms with van der Waals surface area (Å²) in [6, 6.07) is 15.4. The second-order valence-electron chi connectivity index (χ2n) is 9.90. The molecule has 2 atom stereocenters. The van der Waals surface area contributed by atoms with E-state index in [9.17, 15) is 14.4 Å². The lowest BCUT2D eigenvalue weighted by molar-refractivity contribution is -0.158. The third kappa shape index (κ3) is 6.80. The molecule has 1 unspecified atom stereocenters. The minimum Gasteiger partial charge on any atom is -0.466 e. The number of ether oxygens (including phenoxy) is 2. The zero-order chi connectivity index (χ0) is 27.3. The Bertz CT molecular complexity index is 1240. The monoisotopic (exact) mass is 524 g/mol. The van der Waals surface area contributed by atoms with Crippen LogP contribution in [0.25, 0.3) is 0 Å². The average molecular weight is 525 g/mol. The van der Waals surface area contributed by atoms with Gasteiger partial charge in [0.05, 0.1) is 18.6 Å². The van der Waals surface area contributed by atoms with Crippen LogP contribution in [0.15, 0.2) is 77.1 Å². The molecule has 196 valence electrons. The molecule has 8 heteroatoms. The summed E-state index contributed by atoms with van der Waals surface area (Å²) in [5, 5.41) is 6.39. The van der Waals surface area contributed by atoms with Crippen LogP contribution in [0.1, 0.15) is 51.7 Å². The highest BCUT2D eigenvalue weighted by molar-refractivity contribution is 6.31. The van der Waals surface area contributed by atoms with Crippen LogP contribution in [0, 0.1) is 0 Å². The summed E-state index contributed by atoms with van der Waals surface area (Å²) in [6.45, 7) is 8.80. The van der Waals surface area contributed by atoms with E-state index in [1.165, 1.54) is 7.11 Å². The number of esters is 2. The molecule has 37 heavy (non-hydrogen) atoms. The second-order valence-corrected chi connectivity index (χ2v) is 10.3. The first-order chi connectivity index (χ1) is 17.4. The van der Waals surface area contributed by atoms with E-state index in [4.69, 9.17) is 21.1 Å². The van der Waals surface area contributed by atoms with Gasteiger partial charge in [0.1, 0.15) is 11.6 Å². The number of amides is 1. The topological polar surface area (TPSA) is 93.7 Å². The van der Waals surface area contributed by atoms with Gasteiger partial charge < -0.3 is 20.1 Å². The van der Waals surface area contributed by atoms with Gasteiger partial charge >= 0.3 is 11.9 Å². The van der Waals surface area contributed by atoms with Crippen molar-refractivity contribution in [2.24, 2.45) is 0 Å². The lowest BCUT2D eigenvalue weighted by Crippen LogP contribution is -2.47. The van der Waals surface area contributed by atoms with Crippen LogP contribution in [-0.4, -0.2) is 36.6 Å². The first-order valence-corrected chi connectivity index (χ1v) is 12.4. The first kappa shape index (κ1) is 28.0. The molecule has 7 nitrogen and oxygen atoms in total. The van der Waals surface area contributed by atoms with Gasteiger partial charge in [-0.05, 0) is 51.8 Å². The molecule has 0 saturated carbocycles. The Morgan fingerprint density at radius 1 is 0.973 bits per heavy atom. The molecule has 1 amide bonds. The molecule has 2 aromatic carbocycles. The van der Waals surface area contributed by atoms with Gasteiger partial charge in [0.15, 0.2) is 0 Å². The van der Waals surface area contributed by atoms with Crippen molar-refractivity contribution < 1.29 is 23.9 Å². The minimum absolute atomic E-state index is 0.233. The Labute approximate surface area is 222 Å². The highest BCUT2D eigenvalue weighted by Crippen LogP contribution is 2.41. The molecular weight excluding hydrogens is 492 g/mol. The van der Waals surface area contributed by atoms with E-state index in [2.05, 4.69) is 10.6 Å². The van der Waals surface area contributed by atoms with Crippen LogP contribution in [0.4, 0.5) is 0 Å². The van der Waals surface area contributed by atoms with Crippen molar-refractivity contribution in [3.63, 3.8) is 0 Å². The number of allylic oxidation sites excluding steroid dienone is 2. The predicted octanol–water partition coefficient (Wildman–Crippen LogP) is 4.82. The molecule has 1 aliphatic rings. The largest absolute Gasteiger partial charge is 0.466 e. The molecule has 1 aliphatic heterocycles. The summed E-state index contributed by atoms with van der Waals surface area (Å²) in [4.78, 5) is 40.0. The summed E-state index contributed by atoms with van der Waals surface area (Å²) in [5.41, 5.74) is 2.32. The van der Waals surface area contributed by atoms with Crippen LogP contribution in [0.5, 0.6) is 0 Å². The smallest absolute Gasteiger partial charge is 0.336 e. The molecule has 2 N–H and O–H groups in total. The molecule has 0 aliphatic carbocycles. The molecule has 0 radical (unpaired) electrons. The Balaban J connectivity index is 2.05. The van der Waals surface area contributed by atoms with Crippen LogP contribution in [-0.2, 0) is 30.3 Å². The van der Waals surface area contributed by atoms with Gasteiger partial charge in [-0.25, -0.2) is 9.59 Å². The Hall–Kier alpha value is -3.58. The van der Waals surface area contributed by atoms with Gasteiger partial charge in [-0.2, -0.15) is 0 Å². The molecule has 0 spiro atoms. The number of rotatable bonds is 7. The molecule has 0 saturated heterocycles. The molecule has 2 aromatic rings. The maximum atomic E-state index is 13.9. The number of benzene rings is 2. The number of hydrogen-bond acceptors (Lipinski definition) is 6. The second kappa shape index (κ2) is 11.6. The molecule has 3 rings (SSSR count). The van der Waals surface area contributed by atoms with Crippen molar-refractivity contribution >= 4 is 29.4 Å². The van der Waals surface area contributed by atoms with Crippen molar-refractivity contribution in [2.45, 2.75) is 58.6 Å². The third-order valence-electron chi connectivity index (χ3n) is 5.91. The van der Waals surface area contributed by atoms with E-state index in [1.54, 1.807) is 58.9 Å². The van der Waals surface area contributed by atoms with Gasteiger partial charge in [-0.1, -0.05) is 60.1 Å². The summed E-state index contributed by atoms with van der Waals surface area (Å²) in [7, 11) is 1.29. The lowest BCUT2D eigenvalue weighted by atomic mass is 9.80. The summed E-state index contributed by atoms with van der Waals surface area (Å²) in [6.07, 6.45) is 0.233. The van der Waals surface area contributed by atoms with Crippen molar-refractivity contribution in [2.75, 3.05) is 7.11 Å². The Kier molecular flexibility index (Phi) is 8.81. The van der Waals surface area contributed by atoms with Gasteiger partial charge in [0.25, 0.3) is 5.91 Å². The normalized spacial score (nSPS) is 16.6. The average Bonchev–Trinajstić information content (AvgIpc) is 2.82. The van der Waals surface area contributed by atoms with Crippen LogP contribution < -0.4 is 10.6 Å². The van der Waals surface area contributed by atoms with Crippen molar-refractivity contribution in [3.05, 3.63) is 93.3 Å². The van der Waals surface area contributed by atoms with Gasteiger partial charge in [0.2, 0.25) is 0 Å². The fourth-order valence-electron chi connectivity index (χ4n) is 4.35. The van der Waals surface area contributed by atoms with E-state index in [0.29, 0.717) is 22.0 Å². The SMILES string of the molecule is COC(=O)C1=C(C)NC(C)=C(C(=O)NC(Cc2ccccc2)C(=O)OC(C)(C)C)[C@@H]1c1ccccc1Cl. The Morgan fingerprint density at radius 2 is 1.57 bits per heavy atom. The van der Waals surface area contributed by atoms with Gasteiger partial charge in [-0.3, -0.25) is 4.79 Å². The zero-order valence-electron chi connectivity index (χ0n) is 22.0. The van der Waals surface area contributed by atoms with Crippen LogP contribution in [0.3, 0.4) is 0 Å². The van der Waals surface area contributed by atoms with E-state index >= 15 is 0 Å². The number of dihydropyridines is 1. The van der Waals surface area contributed by atoms with E-state index < -0.39 is 35.4 Å². The summed E-state index contributed by atoms with van der Waals surface area (Å²) >= 11 is 6.55. The number of methoxy groups -OCH3 is 1. The highest BCUT2D eigenvalue weighted by Gasteiger charge is 2.39. The lowest BCUT2D eigenvalue weighted by Gasteiger charge is -2.32. The van der Waals surface area contributed by atoms with E-state index in [1.807, 2.05) is 30.3 Å². The maximum absolute atomic E-state index is 13.9. The maximum Gasteiger partial charge on any atom is 0.336 e. The van der Waals surface area contributed by atoms with Gasteiger partial charge in [0, 0.05) is 28.4 Å². The van der Waals surface area contributed by atoms with Crippen LogP contribution >= 0.6 is 11.6 Å². The first-order valence-electron chi connectivity index (χ1n) is 12.0. The number of halogens is 1. The number of carbonyl (C=O) groups is 3. The zero-order valence-corrected chi connectivity index (χ0v) is 22.7. The number of hydrogen-bond donors (Lipinski definition) is 2. The quantitative estimate of drug-likeness (QED) is 0.504. The fraction of sp³-hybridized carbons (Fsp3) is 0.345. The molecular formula is C29H33ClN2O5. The molecule has 0 bridgehead atoms. The molecule has 0 aromatic heterocycles. The fourth-order valence-corrected chi connectivity index (χ4v) is 4.59. The number of carbonyl (C=O) groups excluding carboxylic acids is 3. The van der Waals surface area contributed by atoms with Crippen LogP contribution in [0.2, 0.25) is 5.02 Å². The highest BCUT2D eigenvalue weighted by atomic mass is 35.5. The summed E-state index contributed by atoms with van der Waals surface area (Å²) in [5.74, 6) is -2.46. The van der Waals surface area contributed by atoms with Gasteiger partial charge in [-0.15, -0.1) is 0 Å².